The topological polar surface area (TPSA) is 135 Å². The van der Waals surface area contributed by atoms with Crippen molar-refractivity contribution in [3.8, 4) is 0 Å². The van der Waals surface area contributed by atoms with Crippen molar-refractivity contribution in [3.63, 3.8) is 0 Å². The lowest BCUT2D eigenvalue weighted by Crippen LogP contribution is -2.50. The smallest absolute Gasteiger partial charge is 0.229 e. The van der Waals surface area contributed by atoms with Crippen LogP contribution in [0.3, 0.4) is 0 Å². The van der Waals surface area contributed by atoms with Crippen molar-refractivity contribution in [1.82, 2.24) is 0 Å². The van der Waals surface area contributed by atoms with Gasteiger partial charge in [0.05, 0.1) is 6.61 Å². The van der Waals surface area contributed by atoms with Gasteiger partial charge in [-0.3, -0.25) is 9.59 Å². The van der Waals surface area contributed by atoms with E-state index >= 15 is 0 Å². The summed E-state index contributed by atoms with van der Waals surface area (Å²) in [6, 6.07) is 0. The molecule has 94 valence electrons. The minimum Gasteiger partial charge on any atom is -0.394 e. The third-order valence-electron chi connectivity index (χ3n) is 2.12. The quantitative estimate of drug-likeness (QED) is 0.297. The SMILES string of the molecule is CCC(=O)C(=O)[C@@H](O)[C@@H](O)[C@H](O)[C@H](O)CO. The van der Waals surface area contributed by atoms with E-state index in [2.05, 4.69) is 0 Å². The Labute approximate surface area is 92.0 Å². The van der Waals surface area contributed by atoms with Gasteiger partial charge in [0, 0.05) is 6.42 Å². The maximum absolute atomic E-state index is 11.1. The normalized spacial score (nSPS) is 18.6. The fourth-order valence-corrected chi connectivity index (χ4v) is 1.02. The number of aliphatic hydroxyl groups is 5. The summed E-state index contributed by atoms with van der Waals surface area (Å²) >= 11 is 0. The first-order chi connectivity index (χ1) is 7.36. The molecule has 0 aromatic rings. The predicted octanol–water partition coefficient (Wildman–Crippen LogP) is -3.03. The van der Waals surface area contributed by atoms with Crippen LogP contribution >= 0.6 is 0 Å². The van der Waals surface area contributed by atoms with E-state index in [1.54, 1.807) is 0 Å². The number of aliphatic hydroxyl groups excluding tert-OH is 5. The molecule has 0 fully saturated rings. The van der Waals surface area contributed by atoms with Crippen molar-refractivity contribution < 1.29 is 35.1 Å². The van der Waals surface area contributed by atoms with Crippen molar-refractivity contribution >= 4 is 11.6 Å². The van der Waals surface area contributed by atoms with E-state index in [4.69, 9.17) is 10.2 Å². The van der Waals surface area contributed by atoms with Crippen molar-refractivity contribution in [2.45, 2.75) is 37.8 Å². The zero-order valence-corrected chi connectivity index (χ0v) is 8.78. The van der Waals surface area contributed by atoms with Gasteiger partial charge in [0.15, 0.2) is 0 Å². The second-order valence-electron chi connectivity index (χ2n) is 3.32. The highest BCUT2D eigenvalue weighted by atomic mass is 16.4. The van der Waals surface area contributed by atoms with Crippen molar-refractivity contribution in [2.75, 3.05) is 6.61 Å². The molecule has 0 aliphatic heterocycles. The van der Waals surface area contributed by atoms with Crippen LogP contribution in [0.2, 0.25) is 0 Å². The van der Waals surface area contributed by atoms with E-state index in [-0.39, 0.29) is 6.42 Å². The summed E-state index contributed by atoms with van der Waals surface area (Å²) in [4.78, 5) is 22.0. The molecule has 0 saturated heterocycles. The van der Waals surface area contributed by atoms with E-state index < -0.39 is 42.6 Å². The van der Waals surface area contributed by atoms with E-state index in [1.807, 2.05) is 0 Å². The van der Waals surface area contributed by atoms with Gasteiger partial charge in [0.1, 0.15) is 24.4 Å². The molecular formula is C9H16O7. The first-order valence-electron chi connectivity index (χ1n) is 4.76. The molecule has 0 aromatic heterocycles. The summed E-state index contributed by atoms with van der Waals surface area (Å²) in [6.45, 7) is 0.555. The molecule has 16 heavy (non-hydrogen) atoms. The van der Waals surface area contributed by atoms with Crippen molar-refractivity contribution in [2.24, 2.45) is 0 Å². The molecule has 0 unspecified atom stereocenters. The summed E-state index contributed by atoms with van der Waals surface area (Å²) in [5.41, 5.74) is 0. The highest BCUT2D eigenvalue weighted by molar-refractivity contribution is 6.38. The van der Waals surface area contributed by atoms with Gasteiger partial charge in [-0.15, -0.1) is 0 Å². The lowest BCUT2D eigenvalue weighted by atomic mass is 9.98. The fourth-order valence-electron chi connectivity index (χ4n) is 1.02. The minimum atomic E-state index is -2.11. The Hall–Kier alpha value is -0.860. The summed E-state index contributed by atoms with van der Waals surface area (Å²) in [5.74, 6) is -2.13. The maximum Gasteiger partial charge on any atom is 0.229 e. The van der Waals surface area contributed by atoms with Crippen molar-refractivity contribution in [1.29, 1.82) is 0 Å². The molecule has 0 radical (unpaired) electrons. The molecule has 7 heteroatoms. The Kier molecular flexibility index (Phi) is 6.31. The molecule has 0 heterocycles. The Morgan fingerprint density at radius 2 is 1.56 bits per heavy atom. The number of rotatable bonds is 7. The Morgan fingerprint density at radius 3 is 1.94 bits per heavy atom. The van der Waals surface area contributed by atoms with Gasteiger partial charge in [-0.1, -0.05) is 6.92 Å². The highest BCUT2D eigenvalue weighted by Crippen LogP contribution is 2.07. The summed E-state index contributed by atoms with van der Waals surface area (Å²) in [7, 11) is 0. The number of carbonyl (C=O) groups is 2. The standard InChI is InChI=1S/C9H16O7/c1-2-4(11)6(13)8(15)9(16)7(14)5(12)3-10/h5,7-10,12,14-16H,2-3H2,1H3/t5-,7-,8-,9+/m1/s1. The summed E-state index contributed by atoms with van der Waals surface area (Å²) in [6.07, 6.45) is -7.88. The van der Waals surface area contributed by atoms with Crippen LogP contribution in [0.25, 0.3) is 0 Å². The summed E-state index contributed by atoms with van der Waals surface area (Å²) in [5, 5.41) is 45.1. The second-order valence-corrected chi connectivity index (χ2v) is 3.32. The van der Waals surface area contributed by atoms with E-state index in [1.165, 1.54) is 6.92 Å². The van der Waals surface area contributed by atoms with Crippen LogP contribution < -0.4 is 0 Å². The summed E-state index contributed by atoms with van der Waals surface area (Å²) < 4.78 is 0. The molecular weight excluding hydrogens is 220 g/mol. The zero-order valence-electron chi connectivity index (χ0n) is 8.78. The van der Waals surface area contributed by atoms with Crippen LogP contribution in [0, 0.1) is 0 Å². The highest BCUT2D eigenvalue weighted by Gasteiger charge is 2.35. The number of carbonyl (C=O) groups excluding carboxylic acids is 2. The van der Waals surface area contributed by atoms with Crippen LogP contribution in [-0.2, 0) is 9.59 Å². The minimum absolute atomic E-state index is 0.138. The molecule has 0 bridgehead atoms. The third kappa shape index (κ3) is 3.62. The molecule has 0 amide bonds. The lowest BCUT2D eigenvalue weighted by Gasteiger charge is -2.24. The van der Waals surface area contributed by atoms with E-state index in [0.717, 1.165) is 0 Å². The molecule has 4 atom stereocenters. The van der Waals surface area contributed by atoms with Crippen molar-refractivity contribution in [3.05, 3.63) is 0 Å². The number of hydrogen-bond donors (Lipinski definition) is 5. The molecule has 0 aromatic carbocycles. The van der Waals surface area contributed by atoms with Gasteiger partial charge in [0.25, 0.3) is 0 Å². The Morgan fingerprint density at radius 1 is 1.06 bits per heavy atom. The lowest BCUT2D eigenvalue weighted by molar-refractivity contribution is -0.154. The zero-order chi connectivity index (χ0) is 12.9. The van der Waals surface area contributed by atoms with Gasteiger partial charge in [0.2, 0.25) is 11.6 Å². The molecule has 0 aliphatic carbocycles. The maximum atomic E-state index is 11.1. The Balaban J connectivity index is 4.54. The molecule has 0 spiro atoms. The van der Waals surface area contributed by atoms with Crippen LogP contribution in [-0.4, -0.2) is 68.1 Å². The number of Topliss-reactive ketones (excluding diaryl/α,β-unsaturated/α-hetero) is 2. The predicted molar refractivity (Wildman–Crippen MR) is 51.4 cm³/mol. The first kappa shape index (κ1) is 15.1. The second kappa shape index (κ2) is 6.66. The molecule has 5 N–H and O–H groups in total. The van der Waals surface area contributed by atoms with Gasteiger partial charge in [-0.2, -0.15) is 0 Å². The third-order valence-corrected chi connectivity index (χ3v) is 2.12. The van der Waals surface area contributed by atoms with Crippen LogP contribution in [0.15, 0.2) is 0 Å². The van der Waals surface area contributed by atoms with E-state index in [0.29, 0.717) is 0 Å². The molecule has 0 saturated carbocycles. The Bertz CT molecular complexity index is 252. The van der Waals surface area contributed by atoms with Gasteiger partial charge in [-0.25, -0.2) is 0 Å². The van der Waals surface area contributed by atoms with Gasteiger partial charge < -0.3 is 25.5 Å². The fraction of sp³-hybridized carbons (Fsp3) is 0.778. The van der Waals surface area contributed by atoms with Crippen LogP contribution in [0.1, 0.15) is 13.3 Å². The van der Waals surface area contributed by atoms with Gasteiger partial charge in [-0.05, 0) is 0 Å². The molecule has 0 rings (SSSR count). The number of hydrogen-bond acceptors (Lipinski definition) is 7. The number of ketones is 2. The monoisotopic (exact) mass is 236 g/mol. The first-order valence-corrected chi connectivity index (χ1v) is 4.76. The van der Waals surface area contributed by atoms with E-state index in [9.17, 15) is 24.9 Å². The van der Waals surface area contributed by atoms with Crippen LogP contribution in [0.5, 0.6) is 0 Å². The van der Waals surface area contributed by atoms with Gasteiger partial charge >= 0.3 is 0 Å². The average molecular weight is 236 g/mol. The largest absolute Gasteiger partial charge is 0.394 e. The molecule has 7 nitrogen and oxygen atoms in total. The molecule has 0 aliphatic rings. The average Bonchev–Trinajstić information content (AvgIpc) is 2.32. The van der Waals surface area contributed by atoms with Crippen LogP contribution in [0.4, 0.5) is 0 Å².